The molecule has 0 amide bonds. The van der Waals surface area contributed by atoms with Crippen LogP contribution in [0.25, 0.3) is 0 Å². The molecule has 1 atom stereocenters. The maximum absolute atomic E-state index is 10.4. The summed E-state index contributed by atoms with van der Waals surface area (Å²) in [6.07, 6.45) is -0.401. The lowest BCUT2D eigenvalue weighted by molar-refractivity contribution is 0.00247. The maximum atomic E-state index is 10.4. The van der Waals surface area contributed by atoms with E-state index in [1.807, 2.05) is 6.92 Å². The zero-order valence-corrected chi connectivity index (χ0v) is 7.15. The van der Waals surface area contributed by atoms with E-state index in [1.165, 1.54) is 0 Å². The Balaban J connectivity index is 2.58. The molecule has 0 aromatic heterocycles. The van der Waals surface area contributed by atoms with Crippen LogP contribution in [-0.4, -0.2) is 11.4 Å². The first-order chi connectivity index (χ1) is 6.22. The summed E-state index contributed by atoms with van der Waals surface area (Å²) >= 11 is 0. The number of aryl methyl sites for hydroxylation is 1. The summed E-state index contributed by atoms with van der Waals surface area (Å²) in [5.74, 6) is 0.433. The second-order valence-corrected chi connectivity index (χ2v) is 3.08. The van der Waals surface area contributed by atoms with Gasteiger partial charge in [0, 0.05) is 12.0 Å². The minimum Gasteiger partial charge on any atom is -0.462 e. The molecule has 1 aliphatic heterocycles. The van der Waals surface area contributed by atoms with Crippen LogP contribution in [0.5, 0.6) is 5.75 Å². The van der Waals surface area contributed by atoms with Gasteiger partial charge in [-0.05, 0) is 23.7 Å². The van der Waals surface area contributed by atoms with Crippen LogP contribution < -0.4 is 4.74 Å². The molecule has 0 saturated carbocycles. The Morgan fingerprint density at radius 2 is 2.38 bits per heavy atom. The van der Waals surface area contributed by atoms with E-state index in [1.54, 1.807) is 12.1 Å². The Hall–Kier alpha value is -1.42. The molecule has 0 saturated heterocycles. The van der Waals surface area contributed by atoms with Crippen molar-refractivity contribution in [1.82, 2.24) is 0 Å². The highest BCUT2D eigenvalue weighted by molar-refractivity contribution is 5.60. The lowest BCUT2D eigenvalue weighted by Crippen LogP contribution is -2.10. The summed E-state index contributed by atoms with van der Waals surface area (Å²) in [6, 6.07) is 3.40. The van der Waals surface area contributed by atoms with Gasteiger partial charge in [-0.2, -0.15) is 0 Å². The first-order valence-electron chi connectivity index (χ1n) is 4.03. The highest BCUT2D eigenvalue weighted by atomic mass is 16.6. The van der Waals surface area contributed by atoms with E-state index in [9.17, 15) is 10.0 Å². The van der Waals surface area contributed by atoms with E-state index < -0.39 is 6.29 Å². The number of nitroso groups, excluding NO2 is 1. The van der Waals surface area contributed by atoms with Crippen molar-refractivity contribution in [2.75, 3.05) is 0 Å². The Morgan fingerprint density at radius 3 is 3.08 bits per heavy atom. The molecule has 1 aliphatic rings. The van der Waals surface area contributed by atoms with Crippen molar-refractivity contribution in [1.29, 1.82) is 0 Å². The number of hydrogen-bond donors (Lipinski definition) is 1. The number of fused-ring (bicyclic) bond motifs is 1. The maximum Gasteiger partial charge on any atom is 0.201 e. The molecule has 4 nitrogen and oxygen atoms in total. The highest BCUT2D eigenvalue weighted by Gasteiger charge is 2.25. The minimum absolute atomic E-state index is 0.261. The van der Waals surface area contributed by atoms with Crippen LogP contribution in [0.2, 0.25) is 0 Å². The number of nitrogens with zero attached hydrogens (tertiary/aromatic N) is 1. The number of aliphatic hydroxyl groups excluding tert-OH is 1. The molecule has 1 aromatic rings. The van der Waals surface area contributed by atoms with E-state index in [0.29, 0.717) is 12.2 Å². The summed E-state index contributed by atoms with van der Waals surface area (Å²) in [7, 11) is 0. The average molecular weight is 179 g/mol. The molecule has 0 spiro atoms. The number of hydrogen-bond acceptors (Lipinski definition) is 4. The van der Waals surface area contributed by atoms with Gasteiger partial charge in [0.2, 0.25) is 6.29 Å². The van der Waals surface area contributed by atoms with Crippen LogP contribution in [0, 0.1) is 11.8 Å². The molecule has 68 valence electrons. The number of ether oxygens (including phenoxy) is 1. The van der Waals surface area contributed by atoms with Gasteiger partial charge in [0.1, 0.15) is 5.69 Å². The molecule has 1 N–H and O–H groups in total. The minimum atomic E-state index is -0.836. The summed E-state index contributed by atoms with van der Waals surface area (Å²) in [6.45, 7) is 1.91. The van der Waals surface area contributed by atoms with Gasteiger partial charge in [0.15, 0.2) is 5.75 Å². The molecule has 1 heterocycles. The smallest absolute Gasteiger partial charge is 0.201 e. The number of rotatable bonds is 1. The molecule has 1 unspecified atom stereocenters. The van der Waals surface area contributed by atoms with Crippen LogP contribution in [0.3, 0.4) is 0 Å². The third kappa shape index (κ3) is 1.19. The normalized spacial score (nSPS) is 19.4. The van der Waals surface area contributed by atoms with Crippen LogP contribution >= 0.6 is 0 Å². The van der Waals surface area contributed by atoms with Gasteiger partial charge in [0.05, 0.1) is 0 Å². The van der Waals surface area contributed by atoms with Gasteiger partial charge in [-0.25, -0.2) is 0 Å². The molecule has 13 heavy (non-hydrogen) atoms. The second kappa shape index (κ2) is 2.81. The fraction of sp³-hybridized carbons (Fsp3) is 0.333. The van der Waals surface area contributed by atoms with Crippen LogP contribution in [-0.2, 0) is 6.42 Å². The average Bonchev–Trinajstić information content (AvgIpc) is 2.48. The first-order valence-corrected chi connectivity index (χ1v) is 4.03. The lowest BCUT2D eigenvalue weighted by atomic mass is 10.1. The SMILES string of the molecule is Cc1ccc(N=O)c2c1CC(O)O2. The van der Waals surface area contributed by atoms with Gasteiger partial charge >= 0.3 is 0 Å². The molecular formula is C9H9NO3. The van der Waals surface area contributed by atoms with Crippen molar-refractivity contribution in [2.24, 2.45) is 5.18 Å². The lowest BCUT2D eigenvalue weighted by Gasteiger charge is -2.03. The zero-order valence-electron chi connectivity index (χ0n) is 7.15. The third-order valence-corrected chi connectivity index (χ3v) is 2.20. The summed E-state index contributed by atoms with van der Waals surface area (Å²) < 4.78 is 5.07. The molecule has 0 fully saturated rings. The topological polar surface area (TPSA) is 58.9 Å². The van der Waals surface area contributed by atoms with Crippen molar-refractivity contribution in [3.05, 3.63) is 28.2 Å². The van der Waals surface area contributed by atoms with Crippen LogP contribution in [0.1, 0.15) is 11.1 Å². The van der Waals surface area contributed by atoms with Crippen molar-refractivity contribution in [3.63, 3.8) is 0 Å². The van der Waals surface area contributed by atoms with E-state index in [0.717, 1.165) is 11.1 Å². The zero-order chi connectivity index (χ0) is 9.42. The van der Waals surface area contributed by atoms with E-state index in [2.05, 4.69) is 5.18 Å². The molecule has 4 heteroatoms. The molecule has 1 aromatic carbocycles. The van der Waals surface area contributed by atoms with E-state index in [4.69, 9.17) is 4.74 Å². The molecule has 0 radical (unpaired) electrons. The Morgan fingerprint density at radius 1 is 1.62 bits per heavy atom. The fourth-order valence-electron chi connectivity index (χ4n) is 1.52. The second-order valence-electron chi connectivity index (χ2n) is 3.08. The van der Waals surface area contributed by atoms with Gasteiger partial charge in [0.25, 0.3) is 0 Å². The van der Waals surface area contributed by atoms with Gasteiger partial charge in [-0.15, -0.1) is 4.91 Å². The predicted octanol–water partition coefficient (Wildman–Crippen LogP) is 1.65. The van der Waals surface area contributed by atoms with Gasteiger partial charge in [-0.1, -0.05) is 6.07 Å². The third-order valence-electron chi connectivity index (χ3n) is 2.20. The first kappa shape index (κ1) is 8.19. The highest BCUT2D eigenvalue weighted by Crippen LogP contribution is 2.39. The summed E-state index contributed by atoms with van der Waals surface area (Å²) in [4.78, 5) is 10.4. The largest absolute Gasteiger partial charge is 0.462 e. The van der Waals surface area contributed by atoms with Crippen molar-refractivity contribution >= 4 is 5.69 Å². The Labute approximate surface area is 75.1 Å². The van der Waals surface area contributed by atoms with Gasteiger partial charge in [-0.3, -0.25) is 0 Å². The standard InChI is InChI=1S/C9H9NO3/c1-5-2-3-7(10-12)9-6(5)4-8(11)13-9/h2-3,8,11H,4H2,1H3. The summed E-state index contributed by atoms with van der Waals surface area (Å²) in [5.41, 5.74) is 2.15. The fourth-order valence-corrected chi connectivity index (χ4v) is 1.52. The quantitative estimate of drug-likeness (QED) is 0.667. The molecule has 0 bridgehead atoms. The Kier molecular flexibility index (Phi) is 1.77. The monoisotopic (exact) mass is 179 g/mol. The van der Waals surface area contributed by atoms with Crippen LogP contribution in [0.15, 0.2) is 17.3 Å². The van der Waals surface area contributed by atoms with Crippen molar-refractivity contribution in [2.45, 2.75) is 19.6 Å². The number of benzene rings is 1. The molecule has 2 rings (SSSR count). The van der Waals surface area contributed by atoms with Crippen molar-refractivity contribution in [3.8, 4) is 5.75 Å². The molecular weight excluding hydrogens is 170 g/mol. The number of aliphatic hydroxyl groups is 1. The predicted molar refractivity (Wildman–Crippen MR) is 47.0 cm³/mol. The van der Waals surface area contributed by atoms with Gasteiger partial charge < -0.3 is 9.84 Å². The van der Waals surface area contributed by atoms with Crippen molar-refractivity contribution < 1.29 is 9.84 Å². The van der Waals surface area contributed by atoms with E-state index in [-0.39, 0.29) is 5.69 Å². The Bertz CT molecular complexity index is 362. The van der Waals surface area contributed by atoms with Crippen LogP contribution in [0.4, 0.5) is 5.69 Å². The molecule has 0 aliphatic carbocycles. The van der Waals surface area contributed by atoms with E-state index >= 15 is 0 Å². The summed E-state index contributed by atoms with van der Waals surface area (Å²) in [5, 5.41) is 12.1.